The first-order valence-electron chi connectivity index (χ1n) is 6.30. The summed E-state index contributed by atoms with van der Waals surface area (Å²) >= 11 is 0. The first-order chi connectivity index (χ1) is 7.31. The van der Waals surface area contributed by atoms with Crippen molar-refractivity contribution in [2.24, 2.45) is 5.92 Å². The van der Waals surface area contributed by atoms with Gasteiger partial charge in [-0.3, -0.25) is 4.90 Å². The van der Waals surface area contributed by atoms with Gasteiger partial charge < -0.3 is 10.1 Å². The van der Waals surface area contributed by atoms with Crippen LogP contribution in [-0.2, 0) is 4.74 Å². The van der Waals surface area contributed by atoms with E-state index in [1.165, 1.54) is 19.3 Å². The van der Waals surface area contributed by atoms with Crippen LogP contribution < -0.4 is 5.32 Å². The van der Waals surface area contributed by atoms with E-state index in [1.54, 1.807) is 0 Å². The summed E-state index contributed by atoms with van der Waals surface area (Å²) < 4.78 is 5.42. The van der Waals surface area contributed by atoms with Gasteiger partial charge in [-0.15, -0.1) is 0 Å². The number of nitrogens with one attached hydrogen (secondary N) is 1. The SMILES string of the molecule is CNC1CCC(C)CC1N1CCOCC1. The second-order valence-electron chi connectivity index (χ2n) is 5.03. The van der Waals surface area contributed by atoms with E-state index < -0.39 is 0 Å². The van der Waals surface area contributed by atoms with E-state index in [4.69, 9.17) is 4.74 Å². The van der Waals surface area contributed by atoms with E-state index >= 15 is 0 Å². The van der Waals surface area contributed by atoms with Crippen molar-refractivity contribution < 1.29 is 4.74 Å². The Labute approximate surface area is 93.2 Å². The van der Waals surface area contributed by atoms with Crippen molar-refractivity contribution in [3.05, 3.63) is 0 Å². The average Bonchev–Trinajstić information content (AvgIpc) is 2.30. The Bertz CT molecular complexity index is 192. The lowest BCUT2D eigenvalue weighted by Gasteiger charge is -2.43. The van der Waals surface area contributed by atoms with Crippen LogP contribution in [0.3, 0.4) is 0 Å². The molecule has 2 rings (SSSR count). The summed E-state index contributed by atoms with van der Waals surface area (Å²) in [6.07, 6.45) is 4.07. The van der Waals surface area contributed by atoms with Crippen LogP contribution in [-0.4, -0.2) is 50.3 Å². The maximum absolute atomic E-state index is 5.42. The van der Waals surface area contributed by atoms with Crippen molar-refractivity contribution in [1.82, 2.24) is 10.2 Å². The van der Waals surface area contributed by atoms with E-state index in [0.717, 1.165) is 38.3 Å². The molecule has 1 aliphatic carbocycles. The third kappa shape index (κ3) is 2.71. The van der Waals surface area contributed by atoms with Gasteiger partial charge >= 0.3 is 0 Å². The molecule has 3 nitrogen and oxygen atoms in total. The van der Waals surface area contributed by atoms with Crippen LogP contribution in [0.25, 0.3) is 0 Å². The number of nitrogens with zero attached hydrogens (tertiary/aromatic N) is 1. The van der Waals surface area contributed by atoms with Crippen LogP contribution in [0, 0.1) is 5.92 Å². The second-order valence-corrected chi connectivity index (χ2v) is 5.03. The highest BCUT2D eigenvalue weighted by Gasteiger charge is 2.32. The molecule has 3 heteroatoms. The summed E-state index contributed by atoms with van der Waals surface area (Å²) in [7, 11) is 2.11. The highest BCUT2D eigenvalue weighted by molar-refractivity contribution is 4.90. The summed E-state index contributed by atoms with van der Waals surface area (Å²) in [6.45, 7) is 6.47. The molecule has 0 amide bonds. The number of morpholine rings is 1. The van der Waals surface area contributed by atoms with E-state index in [-0.39, 0.29) is 0 Å². The van der Waals surface area contributed by atoms with Gasteiger partial charge in [0.15, 0.2) is 0 Å². The summed E-state index contributed by atoms with van der Waals surface area (Å²) in [5.41, 5.74) is 0. The molecule has 0 radical (unpaired) electrons. The van der Waals surface area contributed by atoms with Gasteiger partial charge in [0.25, 0.3) is 0 Å². The fraction of sp³-hybridized carbons (Fsp3) is 1.00. The molecule has 1 saturated carbocycles. The van der Waals surface area contributed by atoms with Gasteiger partial charge in [-0.25, -0.2) is 0 Å². The van der Waals surface area contributed by atoms with E-state index in [1.807, 2.05) is 0 Å². The molecule has 0 aromatic carbocycles. The normalized spacial score (nSPS) is 39.2. The van der Waals surface area contributed by atoms with Crippen LogP contribution in [0.1, 0.15) is 26.2 Å². The number of likely N-dealkylation sites (N-methyl/N-ethyl adjacent to an activating group) is 1. The van der Waals surface area contributed by atoms with Gasteiger partial charge in [0.1, 0.15) is 0 Å². The minimum atomic E-state index is 0.694. The molecular formula is C12H24N2O. The van der Waals surface area contributed by atoms with Gasteiger partial charge in [0.05, 0.1) is 13.2 Å². The number of hydrogen-bond donors (Lipinski definition) is 1. The van der Waals surface area contributed by atoms with E-state index in [2.05, 4.69) is 24.2 Å². The molecule has 0 spiro atoms. The largest absolute Gasteiger partial charge is 0.379 e. The first-order valence-corrected chi connectivity index (χ1v) is 6.30. The zero-order valence-electron chi connectivity index (χ0n) is 10.0. The van der Waals surface area contributed by atoms with E-state index in [9.17, 15) is 0 Å². The van der Waals surface area contributed by atoms with Crippen molar-refractivity contribution >= 4 is 0 Å². The number of hydrogen-bond acceptors (Lipinski definition) is 3. The molecule has 3 atom stereocenters. The minimum absolute atomic E-state index is 0.694. The van der Waals surface area contributed by atoms with Crippen LogP contribution in [0.2, 0.25) is 0 Å². The summed E-state index contributed by atoms with van der Waals surface area (Å²) in [4.78, 5) is 2.63. The van der Waals surface area contributed by atoms with Crippen LogP contribution in [0.4, 0.5) is 0 Å². The quantitative estimate of drug-likeness (QED) is 0.742. The molecule has 3 unspecified atom stereocenters. The lowest BCUT2D eigenvalue weighted by atomic mass is 9.82. The maximum Gasteiger partial charge on any atom is 0.0594 e. The van der Waals surface area contributed by atoms with Crippen molar-refractivity contribution in [2.75, 3.05) is 33.4 Å². The Morgan fingerprint density at radius 1 is 1.20 bits per heavy atom. The lowest BCUT2D eigenvalue weighted by molar-refractivity contribution is -0.00498. The summed E-state index contributed by atoms with van der Waals surface area (Å²) in [6, 6.07) is 1.43. The van der Waals surface area contributed by atoms with Crippen LogP contribution >= 0.6 is 0 Å². The third-order valence-electron chi connectivity index (χ3n) is 3.96. The van der Waals surface area contributed by atoms with Crippen molar-refractivity contribution in [3.8, 4) is 0 Å². The molecule has 2 fully saturated rings. The fourth-order valence-electron chi connectivity index (χ4n) is 3.00. The van der Waals surface area contributed by atoms with Crippen LogP contribution in [0.5, 0.6) is 0 Å². The monoisotopic (exact) mass is 212 g/mol. The number of rotatable bonds is 2. The molecule has 0 aromatic heterocycles. The maximum atomic E-state index is 5.42. The molecule has 1 N–H and O–H groups in total. The highest BCUT2D eigenvalue weighted by atomic mass is 16.5. The van der Waals surface area contributed by atoms with Gasteiger partial charge in [-0.1, -0.05) is 6.92 Å². The van der Waals surface area contributed by atoms with Crippen molar-refractivity contribution in [1.29, 1.82) is 0 Å². The highest BCUT2D eigenvalue weighted by Crippen LogP contribution is 2.28. The zero-order chi connectivity index (χ0) is 10.7. The molecule has 1 aliphatic heterocycles. The summed E-state index contributed by atoms with van der Waals surface area (Å²) in [5, 5.41) is 3.49. The standard InChI is InChI=1S/C12H24N2O/c1-10-3-4-11(13-2)12(9-10)14-5-7-15-8-6-14/h10-13H,3-9H2,1-2H3. The van der Waals surface area contributed by atoms with E-state index in [0.29, 0.717) is 6.04 Å². The fourth-order valence-corrected chi connectivity index (χ4v) is 3.00. The van der Waals surface area contributed by atoms with Gasteiger partial charge in [-0.2, -0.15) is 0 Å². The van der Waals surface area contributed by atoms with Gasteiger partial charge in [0.2, 0.25) is 0 Å². The molecular weight excluding hydrogens is 188 g/mol. The minimum Gasteiger partial charge on any atom is -0.379 e. The predicted molar refractivity (Wildman–Crippen MR) is 62.0 cm³/mol. The molecule has 0 aromatic rings. The summed E-state index contributed by atoms with van der Waals surface area (Å²) in [5.74, 6) is 0.891. The molecule has 88 valence electrons. The van der Waals surface area contributed by atoms with Crippen molar-refractivity contribution in [2.45, 2.75) is 38.3 Å². The molecule has 15 heavy (non-hydrogen) atoms. The topological polar surface area (TPSA) is 24.5 Å². The molecule has 0 bridgehead atoms. The molecule has 2 aliphatic rings. The predicted octanol–water partition coefficient (Wildman–Crippen LogP) is 1.10. The Morgan fingerprint density at radius 2 is 1.93 bits per heavy atom. The third-order valence-corrected chi connectivity index (χ3v) is 3.96. The Hall–Kier alpha value is -0.120. The Morgan fingerprint density at radius 3 is 2.60 bits per heavy atom. The second kappa shape index (κ2) is 5.28. The smallest absolute Gasteiger partial charge is 0.0594 e. The molecule has 1 heterocycles. The van der Waals surface area contributed by atoms with Gasteiger partial charge in [-0.05, 0) is 32.2 Å². The van der Waals surface area contributed by atoms with Crippen LogP contribution in [0.15, 0.2) is 0 Å². The Kier molecular flexibility index (Phi) is 4.00. The van der Waals surface area contributed by atoms with Crippen molar-refractivity contribution in [3.63, 3.8) is 0 Å². The van der Waals surface area contributed by atoms with Gasteiger partial charge in [0, 0.05) is 25.2 Å². The first kappa shape index (κ1) is 11.4. The zero-order valence-corrected chi connectivity index (χ0v) is 10.0. The molecule has 1 saturated heterocycles. The average molecular weight is 212 g/mol. The lowest BCUT2D eigenvalue weighted by Crippen LogP contribution is -2.55. The Balaban J connectivity index is 1.95. The number of ether oxygens (including phenoxy) is 1.